The molecule has 2 aliphatic rings. The zero-order valence-electron chi connectivity index (χ0n) is 14.9. The quantitative estimate of drug-likeness (QED) is 0.783. The molecule has 1 aliphatic carbocycles. The van der Waals surface area contributed by atoms with Crippen LogP contribution in [0.1, 0.15) is 56.8 Å². The van der Waals surface area contributed by atoms with Crippen molar-refractivity contribution < 1.29 is 9.32 Å². The summed E-state index contributed by atoms with van der Waals surface area (Å²) in [4.78, 5) is 19.4. The molecule has 0 bridgehead atoms. The molecule has 1 aromatic carbocycles. The summed E-state index contributed by atoms with van der Waals surface area (Å²) in [6.07, 6.45) is 7.67. The van der Waals surface area contributed by atoms with Gasteiger partial charge >= 0.3 is 0 Å². The predicted molar refractivity (Wildman–Crippen MR) is 99.9 cm³/mol. The van der Waals surface area contributed by atoms with Gasteiger partial charge in [0.25, 0.3) is 0 Å². The van der Waals surface area contributed by atoms with Crippen LogP contribution in [0.4, 0.5) is 0 Å². The van der Waals surface area contributed by atoms with Gasteiger partial charge in [-0.3, -0.25) is 4.79 Å². The lowest BCUT2D eigenvalue weighted by Crippen LogP contribution is -2.42. The van der Waals surface area contributed by atoms with Crippen molar-refractivity contribution in [2.45, 2.75) is 50.9 Å². The van der Waals surface area contributed by atoms with Crippen LogP contribution in [0.3, 0.4) is 0 Å². The van der Waals surface area contributed by atoms with Crippen molar-refractivity contribution in [3.8, 4) is 11.4 Å². The van der Waals surface area contributed by atoms with E-state index in [0.29, 0.717) is 29.2 Å². The maximum absolute atomic E-state index is 12.8. The minimum Gasteiger partial charge on any atom is -0.342 e. The molecule has 1 saturated heterocycles. The molecule has 138 valence electrons. The van der Waals surface area contributed by atoms with Crippen LogP contribution in [-0.2, 0) is 4.79 Å². The van der Waals surface area contributed by atoms with E-state index in [1.54, 1.807) is 0 Å². The van der Waals surface area contributed by atoms with Crippen LogP contribution in [-0.4, -0.2) is 34.0 Å². The fourth-order valence-electron chi connectivity index (χ4n) is 4.13. The summed E-state index contributed by atoms with van der Waals surface area (Å²) < 4.78 is 5.53. The average Bonchev–Trinajstić information content (AvgIpc) is 3.19. The lowest BCUT2D eigenvalue weighted by Gasteiger charge is -2.34. The minimum absolute atomic E-state index is 0.122. The minimum atomic E-state index is 0.122. The number of carbonyl (C=O) groups excluding carboxylic acids is 1. The first-order valence-electron chi connectivity index (χ1n) is 9.59. The molecular formula is C20H24ClN3O2. The number of benzene rings is 1. The van der Waals surface area contributed by atoms with Gasteiger partial charge in [0.1, 0.15) is 0 Å². The van der Waals surface area contributed by atoms with Crippen molar-refractivity contribution in [1.82, 2.24) is 15.0 Å². The molecule has 0 radical (unpaired) electrons. The van der Waals surface area contributed by atoms with Crippen LogP contribution < -0.4 is 0 Å². The zero-order valence-corrected chi connectivity index (χ0v) is 15.6. The molecule has 2 fully saturated rings. The van der Waals surface area contributed by atoms with Crippen molar-refractivity contribution in [2.24, 2.45) is 5.92 Å². The Bertz CT molecular complexity index is 770. The van der Waals surface area contributed by atoms with Crippen LogP contribution in [0.2, 0.25) is 5.02 Å². The summed E-state index contributed by atoms with van der Waals surface area (Å²) in [6, 6.07) is 7.44. The maximum atomic E-state index is 12.8. The smallest absolute Gasteiger partial charge is 0.231 e. The second-order valence-corrected chi connectivity index (χ2v) is 7.86. The molecule has 26 heavy (non-hydrogen) atoms. The molecular weight excluding hydrogens is 350 g/mol. The van der Waals surface area contributed by atoms with E-state index in [1.165, 1.54) is 19.3 Å². The van der Waals surface area contributed by atoms with Crippen LogP contribution in [0.5, 0.6) is 0 Å². The number of carbonyl (C=O) groups is 1. The van der Waals surface area contributed by atoms with Gasteiger partial charge in [-0.25, -0.2) is 0 Å². The van der Waals surface area contributed by atoms with Gasteiger partial charge in [0, 0.05) is 29.6 Å². The van der Waals surface area contributed by atoms with E-state index in [4.69, 9.17) is 16.1 Å². The van der Waals surface area contributed by atoms with Crippen LogP contribution >= 0.6 is 11.6 Å². The Morgan fingerprint density at radius 1 is 1.15 bits per heavy atom. The summed E-state index contributed by atoms with van der Waals surface area (Å²) in [6.45, 7) is 1.54. The number of likely N-dealkylation sites (tertiary alicyclic amines) is 1. The first-order valence-corrected chi connectivity index (χ1v) is 9.97. The highest BCUT2D eigenvalue weighted by atomic mass is 35.5. The molecule has 2 aromatic rings. The van der Waals surface area contributed by atoms with Crippen LogP contribution in [0.25, 0.3) is 11.4 Å². The number of aromatic nitrogens is 2. The molecule has 1 aromatic heterocycles. The molecule has 1 atom stereocenters. The van der Waals surface area contributed by atoms with Crippen molar-refractivity contribution in [2.75, 3.05) is 13.1 Å². The lowest BCUT2D eigenvalue weighted by molar-refractivity contribution is -0.137. The van der Waals surface area contributed by atoms with Crippen LogP contribution in [0.15, 0.2) is 28.8 Å². The van der Waals surface area contributed by atoms with Gasteiger partial charge in [0.05, 0.1) is 5.92 Å². The summed E-state index contributed by atoms with van der Waals surface area (Å²) in [5.74, 6) is 1.84. The van der Waals surface area contributed by atoms with E-state index in [0.717, 1.165) is 37.8 Å². The number of hydrogen-bond acceptors (Lipinski definition) is 4. The van der Waals surface area contributed by atoms with Gasteiger partial charge in [-0.2, -0.15) is 4.98 Å². The van der Waals surface area contributed by atoms with E-state index in [2.05, 4.69) is 10.1 Å². The molecule has 0 unspecified atom stereocenters. The third-order valence-electron chi connectivity index (χ3n) is 5.56. The normalized spacial score (nSPS) is 21.7. The fraction of sp³-hybridized carbons (Fsp3) is 0.550. The fourth-order valence-corrected chi connectivity index (χ4v) is 4.32. The standard InChI is InChI=1S/C20H24ClN3O2/c21-17-10-4-8-15(12-17)18-22-19(26-23-18)16-9-5-11-24(13-16)20(25)14-6-2-1-3-7-14/h4,8,10,12,14,16H,1-3,5-7,9,11,13H2/t16-/m0/s1. The summed E-state index contributed by atoms with van der Waals surface area (Å²) in [5.41, 5.74) is 0.846. The van der Waals surface area contributed by atoms with E-state index in [-0.39, 0.29) is 11.8 Å². The average molecular weight is 374 g/mol. The molecule has 5 nitrogen and oxygen atoms in total. The topological polar surface area (TPSA) is 59.2 Å². The Morgan fingerprint density at radius 3 is 2.81 bits per heavy atom. The van der Waals surface area contributed by atoms with Crippen LogP contribution in [0, 0.1) is 5.92 Å². The number of hydrogen-bond donors (Lipinski definition) is 0. The molecule has 4 rings (SSSR count). The second-order valence-electron chi connectivity index (χ2n) is 7.42. The molecule has 0 spiro atoms. The van der Waals surface area contributed by atoms with Gasteiger partial charge in [-0.15, -0.1) is 0 Å². The largest absolute Gasteiger partial charge is 0.342 e. The van der Waals surface area contributed by atoms with Gasteiger partial charge < -0.3 is 9.42 Å². The Labute approximate surface area is 158 Å². The van der Waals surface area contributed by atoms with Gasteiger partial charge in [0.15, 0.2) is 0 Å². The van der Waals surface area contributed by atoms with Gasteiger partial charge in [0.2, 0.25) is 17.6 Å². The Kier molecular flexibility index (Phi) is 5.25. The third-order valence-corrected chi connectivity index (χ3v) is 5.80. The molecule has 6 heteroatoms. The first-order chi connectivity index (χ1) is 12.7. The van der Waals surface area contributed by atoms with Crippen molar-refractivity contribution in [1.29, 1.82) is 0 Å². The summed E-state index contributed by atoms with van der Waals surface area (Å²) in [7, 11) is 0. The number of rotatable bonds is 3. The second kappa shape index (κ2) is 7.78. The molecule has 2 heterocycles. The third kappa shape index (κ3) is 3.78. The molecule has 1 saturated carbocycles. The molecule has 1 aliphatic heterocycles. The Balaban J connectivity index is 1.45. The maximum Gasteiger partial charge on any atom is 0.231 e. The molecule has 0 N–H and O–H groups in total. The van der Waals surface area contributed by atoms with Gasteiger partial charge in [-0.1, -0.05) is 48.2 Å². The van der Waals surface area contributed by atoms with Crippen molar-refractivity contribution in [3.63, 3.8) is 0 Å². The summed E-state index contributed by atoms with van der Waals surface area (Å²) >= 11 is 6.05. The van der Waals surface area contributed by atoms with Crippen molar-refractivity contribution in [3.05, 3.63) is 35.2 Å². The Morgan fingerprint density at radius 2 is 2.00 bits per heavy atom. The van der Waals surface area contributed by atoms with E-state index >= 15 is 0 Å². The highest BCUT2D eigenvalue weighted by Crippen LogP contribution is 2.31. The first kappa shape index (κ1) is 17.5. The van der Waals surface area contributed by atoms with E-state index < -0.39 is 0 Å². The van der Waals surface area contributed by atoms with Gasteiger partial charge in [-0.05, 0) is 37.8 Å². The Hall–Kier alpha value is -1.88. The predicted octanol–water partition coefficient (Wildman–Crippen LogP) is 4.68. The molecule has 1 amide bonds. The highest BCUT2D eigenvalue weighted by molar-refractivity contribution is 6.30. The highest BCUT2D eigenvalue weighted by Gasteiger charge is 2.32. The number of halogens is 1. The number of amides is 1. The summed E-state index contributed by atoms with van der Waals surface area (Å²) in [5, 5.41) is 4.76. The zero-order chi connectivity index (χ0) is 17.9. The number of piperidine rings is 1. The van der Waals surface area contributed by atoms with E-state index in [9.17, 15) is 4.79 Å². The SMILES string of the molecule is O=C(C1CCCCC1)N1CCC[C@H](c2nc(-c3cccc(Cl)c3)no2)C1. The van der Waals surface area contributed by atoms with Crippen molar-refractivity contribution >= 4 is 17.5 Å². The monoisotopic (exact) mass is 373 g/mol. The van der Waals surface area contributed by atoms with E-state index in [1.807, 2.05) is 29.2 Å². The lowest BCUT2D eigenvalue weighted by atomic mass is 9.87. The number of nitrogens with zero attached hydrogens (tertiary/aromatic N) is 3.